The second-order valence-corrected chi connectivity index (χ2v) is 5.41. The number of carbonyl (C=O) groups is 2. The molecule has 0 saturated carbocycles. The van der Waals surface area contributed by atoms with Crippen molar-refractivity contribution in [2.75, 3.05) is 12.4 Å². The van der Waals surface area contributed by atoms with Crippen LogP contribution in [0.25, 0.3) is 0 Å². The van der Waals surface area contributed by atoms with Gasteiger partial charge in [0.1, 0.15) is 0 Å². The Morgan fingerprint density at radius 3 is 1.81 bits per heavy atom. The Bertz CT molecular complexity index is 842. The van der Waals surface area contributed by atoms with Gasteiger partial charge in [-0.2, -0.15) is 26.3 Å². The number of rotatable bonds is 3. The summed E-state index contributed by atoms with van der Waals surface area (Å²) in [7, 11) is 1.37. The van der Waals surface area contributed by atoms with Crippen molar-refractivity contribution in [2.24, 2.45) is 0 Å². The molecule has 0 aromatic heterocycles. The summed E-state index contributed by atoms with van der Waals surface area (Å²) < 4.78 is 77.2. The Balaban J connectivity index is 2.40. The second-order valence-electron chi connectivity index (χ2n) is 5.41. The van der Waals surface area contributed by atoms with E-state index in [9.17, 15) is 35.9 Å². The van der Waals surface area contributed by atoms with Crippen LogP contribution < -0.4 is 10.6 Å². The van der Waals surface area contributed by atoms with Crippen molar-refractivity contribution in [2.45, 2.75) is 12.4 Å². The highest BCUT2D eigenvalue weighted by molar-refractivity contribution is 6.05. The Hall–Kier alpha value is -3.04. The van der Waals surface area contributed by atoms with Crippen LogP contribution in [0.5, 0.6) is 0 Å². The van der Waals surface area contributed by atoms with E-state index in [-0.39, 0.29) is 17.3 Å². The Labute approximate surface area is 149 Å². The summed E-state index contributed by atoms with van der Waals surface area (Å²) in [5.41, 5.74) is -3.83. The van der Waals surface area contributed by atoms with E-state index in [1.165, 1.54) is 31.3 Å². The summed E-state index contributed by atoms with van der Waals surface area (Å²) in [6, 6.07) is 5.97. The first kappa shape index (κ1) is 20.3. The van der Waals surface area contributed by atoms with Crippen molar-refractivity contribution in [1.82, 2.24) is 5.32 Å². The van der Waals surface area contributed by atoms with E-state index in [0.717, 1.165) is 0 Å². The molecule has 27 heavy (non-hydrogen) atoms. The van der Waals surface area contributed by atoms with Crippen LogP contribution in [-0.2, 0) is 12.4 Å². The van der Waals surface area contributed by atoms with Gasteiger partial charge in [-0.3, -0.25) is 9.59 Å². The molecular formula is C17H12F6N2O2. The molecule has 10 heteroatoms. The molecule has 2 N–H and O–H groups in total. The van der Waals surface area contributed by atoms with Crippen molar-refractivity contribution in [3.05, 3.63) is 64.7 Å². The van der Waals surface area contributed by atoms with E-state index in [1.54, 1.807) is 0 Å². The van der Waals surface area contributed by atoms with E-state index >= 15 is 0 Å². The van der Waals surface area contributed by atoms with Crippen LogP contribution in [0.4, 0.5) is 32.0 Å². The Morgan fingerprint density at radius 1 is 0.778 bits per heavy atom. The summed E-state index contributed by atoms with van der Waals surface area (Å²) in [6.07, 6.45) is -10.1. The molecule has 0 saturated heterocycles. The maximum absolute atomic E-state index is 12.9. The average molecular weight is 390 g/mol. The summed E-state index contributed by atoms with van der Waals surface area (Å²) in [5.74, 6) is -1.66. The molecule has 2 rings (SSSR count). The summed E-state index contributed by atoms with van der Waals surface area (Å²) >= 11 is 0. The van der Waals surface area contributed by atoms with Gasteiger partial charge in [0.15, 0.2) is 0 Å². The van der Waals surface area contributed by atoms with Crippen LogP contribution in [0, 0.1) is 0 Å². The minimum Gasteiger partial charge on any atom is -0.355 e. The van der Waals surface area contributed by atoms with E-state index < -0.39 is 40.9 Å². The molecule has 0 bridgehead atoms. The molecule has 2 aromatic rings. The van der Waals surface area contributed by atoms with E-state index in [0.29, 0.717) is 12.1 Å². The summed E-state index contributed by atoms with van der Waals surface area (Å²) in [4.78, 5) is 23.7. The number of nitrogens with one attached hydrogen (secondary N) is 2. The zero-order valence-electron chi connectivity index (χ0n) is 13.6. The van der Waals surface area contributed by atoms with Crippen LogP contribution in [0.15, 0.2) is 42.5 Å². The predicted molar refractivity (Wildman–Crippen MR) is 84.2 cm³/mol. The maximum atomic E-state index is 12.9. The Morgan fingerprint density at radius 2 is 1.33 bits per heavy atom. The number of carbonyl (C=O) groups excluding carboxylic acids is 2. The quantitative estimate of drug-likeness (QED) is 0.767. The molecule has 0 spiro atoms. The van der Waals surface area contributed by atoms with Gasteiger partial charge in [-0.1, -0.05) is 6.07 Å². The van der Waals surface area contributed by atoms with Crippen molar-refractivity contribution < 1.29 is 35.9 Å². The number of anilines is 1. The first-order valence-electron chi connectivity index (χ1n) is 7.35. The number of amides is 2. The van der Waals surface area contributed by atoms with E-state index in [4.69, 9.17) is 0 Å². The van der Waals surface area contributed by atoms with Crippen molar-refractivity contribution in [3.8, 4) is 0 Å². The average Bonchev–Trinajstić information content (AvgIpc) is 2.59. The molecule has 0 heterocycles. The number of halogens is 6. The van der Waals surface area contributed by atoms with Crippen LogP contribution in [0.1, 0.15) is 31.8 Å². The van der Waals surface area contributed by atoms with Gasteiger partial charge >= 0.3 is 12.4 Å². The maximum Gasteiger partial charge on any atom is 0.416 e. The highest BCUT2D eigenvalue weighted by Gasteiger charge is 2.37. The highest BCUT2D eigenvalue weighted by Crippen LogP contribution is 2.36. The van der Waals surface area contributed by atoms with Crippen LogP contribution in [0.2, 0.25) is 0 Å². The third-order valence-electron chi connectivity index (χ3n) is 3.46. The smallest absolute Gasteiger partial charge is 0.355 e. The summed E-state index contributed by atoms with van der Waals surface area (Å²) in [5, 5.41) is 4.52. The highest BCUT2D eigenvalue weighted by atomic mass is 19.4. The van der Waals surface area contributed by atoms with Gasteiger partial charge in [-0.05, 0) is 36.4 Å². The van der Waals surface area contributed by atoms with Gasteiger partial charge in [-0.25, -0.2) is 0 Å². The van der Waals surface area contributed by atoms with Gasteiger partial charge in [0, 0.05) is 23.9 Å². The molecule has 0 radical (unpaired) electrons. The zero-order valence-corrected chi connectivity index (χ0v) is 13.6. The number of alkyl halides is 6. The predicted octanol–water partition coefficient (Wildman–Crippen LogP) is 4.34. The standard InChI is InChI=1S/C17H12F6N2O2/c1-24-14(26)9-3-2-4-13(7-9)25-15(27)10-5-11(16(18,19)20)8-12(6-10)17(21,22)23/h2-8H,1H3,(H,24,26)(H,25,27). The molecule has 2 amide bonds. The minimum atomic E-state index is -5.06. The molecule has 0 atom stereocenters. The van der Waals surface area contributed by atoms with Crippen LogP contribution >= 0.6 is 0 Å². The SMILES string of the molecule is CNC(=O)c1cccc(NC(=O)c2cc(C(F)(F)F)cc(C(F)(F)F)c2)c1. The lowest BCUT2D eigenvalue weighted by atomic mass is 10.0. The Kier molecular flexibility index (Phi) is 5.48. The lowest BCUT2D eigenvalue weighted by Gasteiger charge is -2.14. The van der Waals surface area contributed by atoms with Crippen LogP contribution in [0.3, 0.4) is 0 Å². The number of benzene rings is 2. The van der Waals surface area contributed by atoms with Crippen molar-refractivity contribution >= 4 is 17.5 Å². The van der Waals surface area contributed by atoms with Gasteiger partial charge in [0.2, 0.25) is 0 Å². The first-order chi connectivity index (χ1) is 12.4. The first-order valence-corrected chi connectivity index (χ1v) is 7.35. The minimum absolute atomic E-state index is 0.0343. The molecule has 4 nitrogen and oxygen atoms in total. The van der Waals surface area contributed by atoms with Crippen molar-refractivity contribution in [1.29, 1.82) is 0 Å². The number of hydrogen-bond acceptors (Lipinski definition) is 2. The molecule has 0 fully saturated rings. The number of hydrogen-bond donors (Lipinski definition) is 2. The van der Waals surface area contributed by atoms with Gasteiger partial charge in [0.05, 0.1) is 11.1 Å². The van der Waals surface area contributed by atoms with Gasteiger partial charge in [0.25, 0.3) is 11.8 Å². The van der Waals surface area contributed by atoms with Gasteiger partial charge < -0.3 is 10.6 Å². The lowest BCUT2D eigenvalue weighted by molar-refractivity contribution is -0.143. The zero-order chi connectivity index (χ0) is 20.4. The van der Waals surface area contributed by atoms with E-state index in [2.05, 4.69) is 10.6 Å². The second kappa shape index (κ2) is 7.29. The van der Waals surface area contributed by atoms with E-state index in [1.807, 2.05) is 0 Å². The fourth-order valence-corrected chi connectivity index (χ4v) is 2.17. The lowest BCUT2D eigenvalue weighted by Crippen LogP contribution is -2.19. The topological polar surface area (TPSA) is 58.2 Å². The fraction of sp³-hybridized carbons (Fsp3) is 0.176. The largest absolute Gasteiger partial charge is 0.416 e. The van der Waals surface area contributed by atoms with Gasteiger partial charge in [-0.15, -0.1) is 0 Å². The molecule has 144 valence electrons. The third kappa shape index (κ3) is 4.99. The molecule has 0 aliphatic carbocycles. The molecule has 0 unspecified atom stereocenters. The third-order valence-corrected chi connectivity index (χ3v) is 3.46. The molecular weight excluding hydrogens is 378 g/mol. The normalized spacial score (nSPS) is 11.8. The molecule has 0 aliphatic rings. The molecule has 2 aromatic carbocycles. The molecule has 0 aliphatic heterocycles. The monoisotopic (exact) mass is 390 g/mol. The van der Waals surface area contributed by atoms with Crippen molar-refractivity contribution in [3.63, 3.8) is 0 Å². The fourth-order valence-electron chi connectivity index (χ4n) is 2.17. The van der Waals surface area contributed by atoms with Crippen LogP contribution in [-0.4, -0.2) is 18.9 Å². The summed E-state index contributed by atoms with van der Waals surface area (Å²) in [6.45, 7) is 0.